The van der Waals surface area contributed by atoms with Gasteiger partial charge in [0.2, 0.25) is 5.91 Å². The standard InChI is InChI=1S/C28H32N2O5/c1-3-28(2,26(32)33)30-25(31)17-12-16-14-24(22(16)13-17)29-27(34)35-15-23-20-10-6-4-8-18(20)19-9-5-7-11-21(19)23/h4-11,16-17,22-24H,3,12-15H2,1-2H3,(H,29,34)(H,30,31)(H,32,33)/t16-,17?,22-,24+,28?/m1/s1. The number of nitrogens with one attached hydrogen (secondary N) is 2. The van der Waals surface area contributed by atoms with Crippen LogP contribution in [0.15, 0.2) is 48.5 Å². The maximum atomic E-state index is 12.7. The number of ether oxygens (including phenoxy) is 1. The summed E-state index contributed by atoms with van der Waals surface area (Å²) in [6.07, 6.45) is 2.11. The van der Waals surface area contributed by atoms with Crippen molar-refractivity contribution in [1.29, 1.82) is 0 Å². The van der Waals surface area contributed by atoms with E-state index in [9.17, 15) is 19.5 Å². The lowest BCUT2D eigenvalue weighted by Gasteiger charge is -2.40. The van der Waals surface area contributed by atoms with Gasteiger partial charge in [-0.25, -0.2) is 9.59 Å². The number of rotatable bonds is 7. The number of hydrogen-bond donors (Lipinski definition) is 3. The number of carbonyl (C=O) groups excluding carboxylic acids is 2. The van der Waals surface area contributed by atoms with E-state index in [1.807, 2.05) is 24.3 Å². The Kier molecular flexibility index (Phi) is 6.03. The SMILES string of the molecule is CCC(C)(NC(=O)C1C[C@@H]2C[C@H](NC(=O)OCC3c4ccccc4-c4ccccc43)[C@@H]2C1)C(=O)O. The van der Waals surface area contributed by atoms with Gasteiger partial charge in [-0.2, -0.15) is 0 Å². The second-order valence-electron chi connectivity index (χ2n) is 10.4. The van der Waals surface area contributed by atoms with Crippen LogP contribution in [-0.2, 0) is 14.3 Å². The predicted molar refractivity (Wildman–Crippen MR) is 131 cm³/mol. The molecule has 7 heteroatoms. The van der Waals surface area contributed by atoms with Gasteiger partial charge < -0.3 is 20.5 Å². The Morgan fingerprint density at radius 1 is 1.00 bits per heavy atom. The van der Waals surface area contributed by atoms with Gasteiger partial charge in [0.1, 0.15) is 12.1 Å². The number of benzene rings is 2. The van der Waals surface area contributed by atoms with Crippen LogP contribution in [0.25, 0.3) is 11.1 Å². The Morgan fingerprint density at radius 3 is 2.23 bits per heavy atom. The summed E-state index contributed by atoms with van der Waals surface area (Å²) in [5.74, 6) is -0.824. The van der Waals surface area contributed by atoms with E-state index < -0.39 is 17.6 Å². The van der Waals surface area contributed by atoms with E-state index in [2.05, 4.69) is 34.9 Å². The molecule has 7 nitrogen and oxygen atoms in total. The second kappa shape index (κ2) is 9.02. The first-order chi connectivity index (χ1) is 16.8. The minimum atomic E-state index is -1.25. The Hall–Kier alpha value is -3.35. The molecule has 2 aromatic rings. The summed E-state index contributed by atoms with van der Waals surface area (Å²) in [5.41, 5.74) is 3.48. The number of alkyl carbamates (subject to hydrolysis) is 1. The molecule has 5 rings (SSSR count). The van der Waals surface area contributed by atoms with Crippen LogP contribution in [0.2, 0.25) is 0 Å². The van der Waals surface area contributed by atoms with E-state index in [0.717, 1.165) is 12.8 Å². The zero-order chi connectivity index (χ0) is 24.7. The van der Waals surface area contributed by atoms with Gasteiger partial charge in [0.25, 0.3) is 0 Å². The first-order valence-electron chi connectivity index (χ1n) is 12.5. The van der Waals surface area contributed by atoms with E-state index >= 15 is 0 Å². The predicted octanol–water partition coefficient (Wildman–Crippen LogP) is 4.31. The lowest BCUT2D eigenvalue weighted by molar-refractivity contribution is -0.147. The lowest BCUT2D eigenvalue weighted by atomic mass is 9.71. The highest BCUT2D eigenvalue weighted by Crippen LogP contribution is 2.50. The number of fused-ring (bicyclic) bond motifs is 4. The third-order valence-corrected chi connectivity index (χ3v) is 8.42. The van der Waals surface area contributed by atoms with E-state index in [0.29, 0.717) is 18.8 Å². The zero-order valence-electron chi connectivity index (χ0n) is 20.1. The van der Waals surface area contributed by atoms with E-state index in [4.69, 9.17) is 4.74 Å². The van der Waals surface area contributed by atoms with Gasteiger partial charge in [0, 0.05) is 17.9 Å². The third kappa shape index (κ3) is 4.17. The van der Waals surface area contributed by atoms with Crippen LogP contribution in [0, 0.1) is 17.8 Å². The highest BCUT2D eigenvalue weighted by molar-refractivity contribution is 5.88. The summed E-state index contributed by atoms with van der Waals surface area (Å²) in [7, 11) is 0. The third-order valence-electron chi connectivity index (χ3n) is 8.42. The zero-order valence-corrected chi connectivity index (χ0v) is 20.1. The highest BCUT2D eigenvalue weighted by atomic mass is 16.5. The van der Waals surface area contributed by atoms with Crippen LogP contribution in [0.3, 0.4) is 0 Å². The van der Waals surface area contributed by atoms with Gasteiger partial charge in [0.15, 0.2) is 0 Å². The molecule has 3 aliphatic carbocycles. The average Bonchev–Trinajstić information content (AvgIpc) is 3.36. The first-order valence-corrected chi connectivity index (χ1v) is 12.5. The molecule has 2 unspecified atom stereocenters. The Morgan fingerprint density at radius 2 is 1.63 bits per heavy atom. The molecule has 2 fully saturated rings. The van der Waals surface area contributed by atoms with Gasteiger partial charge in [0.05, 0.1) is 0 Å². The molecular formula is C28H32N2O5. The van der Waals surface area contributed by atoms with Crippen molar-refractivity contribution in [2.45, 2.75) is 57.0 Å². The maximum Gasteiger partial charge on any atom is 0.407 e. The molecule has 0 spiro atoms. The molecule has 2 saturated carbocycles. The summed E-state index contributed by atoms with van der Waals surface area (Å²) < 4.78 is 5.68. The summed E-state index contributed by atoms with van der Waals surface area (Å²) in [6.45, 7) is 3.57. The van der Waals surface area contributed by atoms with Crippen LogP contribution >= 0.6 is 0 Å². The number of carboxylic acids is 1. The van der Waals surface area contributed by atoms with Crippen LogP contribution in [0.5, 0.6) is 0 Å². The molecule has 0 aliphatic heterocycles. The van der Waals surface area contributed by atoms with Gasteiger partial charge in [-0.15, -0.1) is 0 Å². The van der Waals surface area contributed by atoms with E-state index in [-0.39, 0.29) is 36.3 Å². The Labute approximate surface area is 205 Å². The fourth-order valence-electron chi connectivity index (χ4n) is 6.06. The molecule has 184 valence electrons. The second-order valence-corrected chi connectivity index (χ2v) is 10.4. The normalized spacial score (nSPS) is 25.9. The van der Waals surface area contributed by atoms with E-state index in [1.54, 1.807) is 6.92 Å². The van der Waals surface area contributed by atoms with Crippen LogP contribution in [-0.4, -0.2) is 41.3 Å². The molecular weight excluding hydrogens is 444 g/mol. The van der Waals surface area contributed by atoms with Crippen molar-refractivity contribution in [1.82, 2.24) is 10.6 Å². The van der Waals surface area contributed by atoms with Gasteiger partial charge in [-0.05, 0) is 66.7 Å². The fourth-order valence-corrected chi connectivity index (χ4v) is 6.06. The van der Waals surface area contributed by atoms with Crippen LogP contribution < -0.4 is 10.6 Å². The molecule has 0 radical (unpaired) electrons. The molecule has 3 aliphatic rings. The summed E-state index contributed by atoms with van der Waals surface area (Å²) in [6, 6.07) is 16.5. The minimum absolute atomic E-state index is 0.00881. The quantitative estimate of drug-likeness (QED) is 0.552. The van der Waals surface area contributed by atoms with E-state index in [1.165, 1.54) is 29.2 Å². The first kappa shape index (κ1) is 23.4. The lowest BCUT2D eigenvalue weighted by Crippen LogP contribution is -2.53. The molecule has 2 aromatic carbocycles. The molecule has 0 aromatic heterocycles. The number of amides is 2. The average molecular weight is 477 g/mol. The van der Waals surface area contributed by atoms with Gasteiger partial charge in [-0.1, -0.05) is 55.5 Å². The minimum Gasteiger partial charge on any atom is -0.480 e. The number of carboxylic acid groups (broad SMARTS) is 1. The van der Waals surface area contributed by atoms with Crippen molar-refractivity contribution >= 4 is 18.0 Å². The van der Waals surface area contributed by atoms with Crippen molar-refractivity contribution in [3.05, 3.63) is 59.7 Å². The fraction of sp³-hybridized carbons (Fsp3) is 0.464. The highest BCUT2D eigenvalue weighted by Gasteiger charge is 2.51. The summed E-state index contributed by atoms with van der Waals surface area (Å²) in [5, 5.41) is 15.2. The molecule has 2 amide bonds. The molecule has 3 N–H and O–H groups in total. The topological polar surface area (TPSA) is 105 Å². The maximum absolute atomic E-state index is 12.7. The van der Waals surface area contributed by atoms with Crippen molar-refractivity contribution in [2.75, 3.05) is 6.61 Å². The molecule has 0 bridgehead atoms. The van der Waals surface area contributed by atoms with Gasteiger partial charge >= 0.3 is 12.1 Å². The molecule has 0 heterocycles. The smallest absolute Gasteiger partial charge is 0.407 e. The van der Waals surface area contributed by atoms with Crippen LogP contribution in [0.1, 0.15) is 56.6 Å². The number of hydrogen-bond acceptors (Lipinski definition) is 4. The van der Waals surface area contributed by atoms with Gasteiger partial charge in [-0.3, -0.25) is 4.79 Å². The van der Waals surface area contributed by atoms with Crippen molar-refractivity contribution in [3.8, 4) is 11.1 Å². The molecule has 0 saturated heterocycles. The van der Waals surface area contributed by atoms with Crippen molar-refractivity contribution < 1.29 is 24.2 Å². The Bertz CT molecular complexity index is 1120. The molecule has 35 heavy (non-hydrogen) atoms. The van der Waals surface area contributed by atoms with Crippen molar-refractivity contribution in [3.63, 3.8) is 0 Å². The largest absolute Gasteiger partial charge is 0.480 e. The summed E-state index contributed by atoms with van der Waals surface area (Å²) in [4.78, 5) is 36.9. The van der Waals surface area contributed by atoms with Crippen LogP contribution in [0.4, 0.5) is 4.79 Å². The monoisotopic (exact) mass is 476 g/mol. The summed E-state index contributed by atoms with van der Waals surface area (Å²) >= 11 is 0. The number of carbonyl (C=O) groups is 3. The van der Waals surface area contributed by atoms with Crippen molar-refractivity contribution in [2.24, 2.45) is 17.8 Å². The Balaban J connectivity index is 1.15. The molecule has 5 atom stereocenters. The number of aliphatic carboxylic acids is 1.